The lowest BCUT2D eigenvalue weighted by Gasteiger charge is -2.05. The number of carbonyl (C=O) groups is 2. The molecule has 0 bridgehead atoms. The molecule has 0 unspecified atom stereocenters. The van der Waals surface area contributed by atoms with Crippen molar-refractivity contribution in [3.05, 3.63) is 44.8 Å². The van der Waals surface area contributed by atoms with E-state index < -0.39 is 5.97 Å². The number of pyridine rings is 1. The number of thiophene rings is 1. The van der Waals surface area contributed by atoms with Crippen LogP contribution in [0.1, 0.15) is 20.0 Å². The van der Waals surface area contributed by atoms with Gasteiger partial charge in [0.25, 0.3) is 5.91 Å². The molecule has 19 heavy (non-hydrogen) atoms. The van der Waals surface area contributed by atoms with Crippen molar-refractivity contribution < 1.29 is 14.3 Å². The van der Waals surface area contributed by atoms with E-state index in [1.807, 2.05) is 0 Å². The maximum absolute atomic E-state index is 12.0. The summed E-state index contributed by atoms with van der Waals surface area (Å²) in [5.41, 5.74) is 0.888. The molecular weight excluding hydrogens is 332 g/mol. The predicted octanol–water partition coefficient (Wildman–Crippen LogP) is 2.94. The lowest BCUT2D eigenvalue weighted by molar-refractivity contribution is 0.0607. The van der Waals surface area contributed by atoms with Crippen molar-refractivity contribution in [2.24, 2.45) is 0 Å². The Hall–Kier alpha value is -1.73. The maximum atomic E-state index is 12.0. The van der Waals surface area contributed by atoms with E-state index in [9.17, 15) is 9.59 Å². The summed E-state index contributed by atoms with van der Waals surface area (Å²) in [4.78, 5) is 27.8. The number of amides is 1. The summed E-state index contributed by atoms with van der Waals surface area (Å²) in [5, 5.41) is 4.38. The number of carbonyl (C=O) groups excluding carboxylic acids is 2. The first-order valence-electron chi connectivity index (χ1n) is 5.20. The Morgan fingerprint density at radius 3 is 2.89 bits per heavy atom. The standard InChI is InChI=1S/C12H9BrN2O3S/c1-18-12(17)10-8(3-5-19-10)15-11(16)7-2-4-14-9(13)6-7/h2-6H,1H3,(H,15,16). The number of ether oxygens (including phenoxy) is 1. The third kappa shape index (κ3) is 3.18. The predicted molar refractivity (Wildman–Crippen MR) is 75.5 cm³/mol. The number of nitrogens with one attached hydrogen (secondary N) is 1. The molecule has 2 rings (SSSR count). The summed E-state index contributed by atoms with van der Waals surface area (Å²) in [7, 11) is 1.30. The largest absolute Gasteiger partial charge is 0.465 e. The molecule has 1 amide bonds. The molecule has 0 saturated carbocycles. The Morgan fingerprint density at radius 1 is 1.42 bits per heavy atom. The van der Waals surface area contributed by atoms with Crippen LogP contribution in [0.15, 0.2) is 34.4 Å². The topological polar surface area (TPSA) is 68.3 Å². The van der Waals surface area contributed by atoms with Gasteiger partial charge in [-0.25, -0.2) is 9.78 Å². The number of rotatable bonds is 3. The van der Waals surface area contributed by atoms with Gasteiger partial charge >= 0.3 is 5.97 Å². The minimum Gasteiger partial charge on any atom is -0.465 e. The zero-order valence-corrected chi connectivity index (χ0v) is 12.2. The second-order valence-corrected chi connectivity index (χ2v) is 5.20. The summed E-state index contributed by atoms with van der Waals surface area (Å²) in [6, 6.07) is 4.84. The summed E-state index contributed by atoms with van der Waals surface area (Å²) in [6.07, 6.45) is 1.52. The van der Waals surface area contributed by atoms with Crippen LogP contribution in [-0.4, -0.2) is 24.0 Å². The third-order valence-corrected chi connectivity index (χ3v) is 3.60. The number of halogens is 1. The van der Waals surface area contributed by atoms with Crippen LogP contribution >= 0.6 is 27.3 Å². The molecule has 0 saturated heterocycles. The van der Waals surface area contributed by atoms with Crippen LogP contribution in [0.4, 0.5) is 5.69 Å². The number of aromatic nitrogens is 1. The Balaban J connectivity index is 2.20. The van der Waals surface area contributed by atoms with E-state index >= 15 is 0 Å². The molecule has 2 aromatic heterocycles. The first-order chi connectivity index (χ1) is 9.11. The highest BCUT2D eigenvalue weighted by Crippen LogP contribution is 2.23. The van der Waals surface area contributed by atoms with Crippen molar-refractivity contribution in [1.29, 1.82) is 0 Å². The second kappa shape index (κ2) is 5.94. The lowest BCUT2D eigenvalue weighted by Crippen LogP contribution is -2.14. The van der Waals surface area contributed by atoms with Gasteiger partial charge < -0.3 is 10.1 Å². The summed E-state index contributed by atoms with van der Waals surface area (Å²) in [6.45, 7) is 0. The van der Waals surface area contributed by atoms with Gasteiger partial charge in [0.2, 0.25) is 0 Å². The van der Waals surface area contributed by atoms with Crippen molar-refractivity contribution in [2.75, 3.05) is 12.4 Å². The van der Waals surface area contributed by atoms with E-state index in [0.29, 0.717) is 20.7 Å². The zero-order chi connectivity index (χ0) is 13.8. The molecular formula is C12H9BrN2O3S. The van der Waals surface area contributed by atoms with Gasteiger partial charge in [0.15, 0.2) is 0 Å². The number of esters is 1. The van der Waals surface area contributed by atoms with Crippen LogP contribution in [0.25, 0.3) is 0 Å². The van der Waals surface area contributed by atoms with Crippen LogP contribution < -0.4 is 5.32 Å². The first-order valence-corrected chi connectivity index (χ1v) is 6.88. The SMILES string of the molecule is COC(=O)c1sccc1NC(=O)c1ccnc(Br)c1. The second-order valence-electron chi connectivity index (χ2n) is 3.48. The van der Waals surface area contributed by atoms with Crippen LogP contribution in [0.5, 0.6) is 0 Å². The minimum atomic E-state index is -0.471. The molecule has 98 valence electrons. The number of methoxy groups -OCH3 is 1. The van der Waals surface area contributed by atoms with Gasteiger partial charge in [-0.15, -0.1) is 11.3 Å². The van der Waals surface area contributed by atoms with Gasteiger partial charge in [-0.3, -0.25) is 4.79 Å². The molecule has 0 fully saturated rings. The summed E-state index contributed by atoms with van der Waals surface area (Å²) in [5.74, 6) is -0.784. The fourth-order valence-electron chi connectivity index (χ4n) is 1.40. The molecule has 0 spiro atoms. The Bertz CT molecular complexity index is 627. The van der Waals surface area contributed by atoms with Crippen LogP contribution in [0, 0.1) is 0 Å². The molecule has 0 atom stereocenters. The lowest BCUT2D eigenvalue weighted by atomic mass is 10.2. The molecule has 0 aromatic carbocycles. The maximum Gasteiger partial charge on any atom is 0.350 e. The quantitative estimate of drug-likeness (QED) is 0.688. The molecule has 0 aliphatic carbocycles. The molecule has 1 N–H and O–H groups in total. The average Bonchev–Trinajstić information content (AvgIpc) is 2.86. The van der Waals surface area contributed by atoms with Crippen LogP contribution in [0.3, 0.4) is 0 Å². The van der Waals surface area contributed by atoms with Crippen LogP contribution in [-0.2, 0) is 4.74 Å². The molecule has 7 heteroatoms. The van der Waals surface area contributed by atoms with E-state index in [1.54, 1.807) is 23.6 Å². The summed E-state index contributed by atoms with van der Waals surface area (Å²) < 4.78 is 5.21. The van der Waals surface area contributed by atoms with E-state index in [-0.39, 0.29) is 5.91 Å². The van der Waals surface area contributed by atoms with E-state index in [2.05, 4.69) is 31.0 Å². The van der Waals surface area contributed by atoms with Gasteiger partial charge in [-0.05, 0) is 39.5 Å². The molecule has 2 aromatic rings. The summed E-state index contributed by atoms with van der Waals surface area (Å²) >= 11 is 4.41. The van der Waals surface area contributed by atoms with Crippen molar-refractivity contribution in [3.8, 4) is 0 Å². The van der Waals surface area contributed by atoms with Crippen molar-refractivity contribution in [2.45, 2.75) is 0 Å². The van der Waals surface area contributed by atoms with Crippen molar-refractivity contribution in [1.82, 2.24) is 4.98 Å². The third-order valence-electron chi connectivity index (χ3n) is 2.27. The monoisotopic (exact) mass is 340 g/mol. The highest BCUT2D eigenvalue weighted by atomic mass is 79.9. The van der Waals surface area contributed by atoms with Crippen molar-refractivity contribution in [3.63, 3.8) is 0 Å². The van der Waals surface area contributed by atoms with Gasteiger partial charge in [0.05, 0.1) is 12.8 Å². The molecule has 5 nitrogen and oxygen atoms in total. The normalized spacial score (nSPS) is 10.0. The highest BCUT2D eigenvalue weighted by Gasteiger charge is 2.16. The van der Waals surface area contributed by atoms with E-state index in [4.69, 9.17) is 0 Å². The molecule has 0 aliphatic rings. The molecule has 2 heterocycles. The van der Waals surface area contributed by atoms with Gasteiger partial charge in [-0.1, -0.05) is 0 Å². The van der Waals surface area contributed by atoms with Crippen LogP contribution in [0.2, 0.25) is 0 Å². The van der Waals surface area contributed by atoms with Gasteiger partial charge in [-0.2, -0.15) is 0 Å². The Morgan fingerprint density at radius 2 is 2.21 bits per heavy atom. The van der Waals surface area contributed by atoms with Crippen molar-refractivity contribution >= 4 is 44.8 Å². The number of nitrogens with zero attached hydrogens (tertiary/aromatic N) is 1. The number of hydrogen-bond donors (Lipinski definition) is 1. The first kappa shape index (κ1) is 13.7. The Labute approximate surface area is 121 Å². The van der Waals surface area contributed by atoms with E-state index in [0.717, 1.165) is 0 Å². The van der Waals surface area contributed by atoms with E-state index in [1.165, 1.54) is 24.6 Å². The smallest absolute Gasteiger partial charge is 0.350 e. The average molecular weight is 341 g/mol. The zero-order valence-electron chi connectivity index (χ0n) is 9.84. The van der Waals surface area contributed by atoms with Gasteiger partial charge in [0.1, 0.15) is 9.48 Å². The number of anilines is 1. The fraction of sp³-hybridized carbons (Fsp3) is 0.0833. The Kier molecular flexibility index (Phi) is 4.28. The fourth-order valence-corrected chi connectivity index (χ4v) is 2.53. The van der Waals surface area contributed by atoms with Gasteiger partial charge in [0, 0.05) is 11.8 Å². The number of hydrogen-bond acceptors (Lipinski definition) is 5. The molecule has 0 radical (unpaired) electrons. The minimum absolute atomic E-state index is 0.313. The highest BCUT2D eigenvalue weighted by molar-refractivity contribution is 9.10. The molecule has 0 aliphatic heterocycles.